The normalized spacial score (nSPS) is 26.8. The summed E-state index contributed by atoms with van der Waals surface area (Å²) in [6.45, 7) is 9.09. The molecule has 3 unspecified atom stereocenters. The van der Waals surface area contributed by atoms with Crippen LogP contribution in [-0.2, 0) is 0 Å². The van der Waals surface area contributed by atoms with Crippen molar-refractivity contribution in [2.24, 2.45) is 17.6 Å². The molecule has 0 radical (unpaired) electrons. The summed E-state index contributed by atoms with van der Waals surface area (Å²) in [5.41, 5.74) is 7.55. The van der Waals surface area contributed by atoms with E-state index in [0.717, 1.165) is 19.5 Å². The molecule has 0 amide bonds. The molecule has 4 nitrogen and oxygen atoms in total. The lowest BCUT2D eigenvalue weighted by molar-refractivity contribution is 0.155. The van der Waals surface area contributed by atoms with Gasteiger partial charge in [0.05, 0.1) is 12.0 Å². The van der Waals surface area contributed by atoms with Gasteiger partial charge in [0.1, 0.15) is 0 Å². The van der Waals surface area contributed by atoms with Crippen molar-refractivity contribution in [3.05, 3.63) is 18.2 Å². The Morgan fingerprint density at radius 1 is 1.47 bits per heavy atom. The van der Waals surface area contributed by atoms with Crippen molar-refractivity contribution in [1.29, 1.82) is 0 Å². The lowest BCUT2D eigenvalue weighted by Crippen LogP contribution is -2.38. The molecular weight excluding hydrogens is 236 g/mol. The van der Waals surface area contributed by atoms with Crippen molar-refractivity contribution in [3.63, 3.8) is 0 Å². The average Bonchev–Trinajstić information content (AvgIpc) is 2.76. The summed E-state index contributed by atoms with van der Waals surface area (Å²) < 4.78 is 2.34. The molecule has 2 heterocycles. The fraction of sp³-hybridized carbons (Fsp3) is 0.800. The number of hydrogen-bond acceptors (Lipinski definition) is 3. The molecule has 1 aromatic rings. The van der Waals surface area contributed by atoms with Crippen LogP contribution in [0.1, 0.15) is 51.4 Å². The van der Waals surface area contributed by atoms with E-state index in [4.69, 9.17) is 5.73 Å². The molecular formula is C15H28N4. The Bertz CT molecular complexity index is 399. The van der Waals surface area contributed by atoms with E-state index in [1.165, 1.54) is 12.1 Å². The van der Waals surface area contributed by atoms with Gasteiger partial charge >= 0.3 is 0 Å². The van der Waals surface area contributed by atoms with Crippen molar-refractivity contribution >= 4 is 0 Å². The largest absolute Gasteiger partial charge is 0.330 e. The Morgan fingerprint density at radius 3 is 2.84 bits per heavy atom. The summed E-state index contributed by atoms with van der Waals surface area (Å²) in [5, 5.41) is 0. The van der Waals surface area contributed by atoms with E-state index in [9.17, 15) is 0 Å². The van der Waals surface area contributed by atoms with E-state index < -0.39 is 0 Å². The van der Waals surface area contributed by atoms with Gasteiger partial charge in [0, 0.05) is 24.8 Å². The summed E-state index contributed by atoms with van der Waals surface area (Å²) in [6, 6.07) is 0.654. The molecule has 1 saturated heterocycles. The van der Waals surface area contributed by atoms with Crippen LogP contribution in [0.25, 0.3) is 0 Å². The van der Waals surface area contributed by atoms with Crippen LogP contribution < -0.4 is 5.73 Å². The van der Waals surface area contributed by atoms with Crippen molar-refractivity contribution < 1.29 is 0 Å². The molecule has 3 atom stereocenters. The highest BCUT2D eigenvalue weighted by molar-refractivity contribution is 5.07. The first-order valence-corrected chi connectivity index (χ1v) is 7.45. The SMILES string of the molecule is CC(C)CC(N)c1cncn1C1CCN(C)CC1C. The second kappa shape index (κ2) is 6.06. The maximum atomic E-state index is 6.35. The van der Waals surface area contributed by atoms with Gasteiger partial charge in [-0.2, -0.15) is 0 Å². The number of aromatic nitrogens is 2. The number of rotatable bonds is 4. The number of imidazole rings is 1. The highest BCUT2D eigenvalue weighted by atomic mass is 15.2. The van der Waals surface area contributed by atoms with Gasteiger partial charge in [0.2, 0.25) is 0 Å². The predicted octanol–water partition coefficient (Wildman–Crippen LogP) is 2.44. The van der Waals surface area contributed by atoms with E-state index in [-0.39, 0.29) is 6.04 Å². The third kappa shape index (κ3) is 3.37. The Hall–Kier alpha value is -0.870. The minimum Gasteiger partial charge on any atom is -0.330 e. The van der Waals surface area contributed by atoms with Crippen LogP contribution in [-0.4, -0.2) is 34.6 Å². The molecule has 0 aliphatic carbocycles. The van der Waals surface area contributed by atoms with Crippen molar-refractivity contribution in [3.8, 4) is 0 Å². The van der Waals surface area contributed by atoms with Crippen LogP contribution >= 0.6 is 0 Å². The molecule has 0 bridgehead atoms. The lowest BCUT2D eigenvalue weighted by atomic mass is 9.93. The first-order chi connectivity index (χ1) is 8.99. The second-order valence-corrected chi connectivity index (χ2v) is 6.56. The van der Waals surface area contributed by atoms with Gasteiger partial charge in [-0.1, -0.05) is 20.8 Å². The maximum absolute atomic E-state index is 6.35. The van der Waals surface area contributed by atoms with Gasteiger partial charge in [-0.15, -0.1) is 0 Å². The molecule has 0 saturated carbocycles. The molecule has 1 aliphatic heterocycles. The van der Waals surface area contributed by atoms with Crippen LogP contribution in [0, 0.1) is 11.8 Å². The number of piperidine rings is 1. The fourth-order valence-electron chi connectivity index (χ4n) is 3.26. The van der Waals surface area contributed by atoms with Crippen LogP contribution in [0.3, 0.4) is 0 Å². The van der Waals surface area contributed by atoms with Crippen LogP contribution in [0.5, 0.6) is 0 Å². The van der Waals surface area contributed by atoms with Crippen LogP contribution in [0.2, 0.25) is 0 Å². The minimum atomic E-state index is 0.106. The highest BCUT2D eigenvalue weighted by Crippen LogP contribution is 2.30. The van der Waals surface area contributed by atoms with E-state index in [2.05, 4.69) is 42.3 Å². The molecule has 0 spiro atoms. The van der Waals surface area contributed by atoms with Gasteiger partial charge in [0.15, 0.2) is 0 Å². The Morgan fingerprint density at radius 2 is 2.21 bits per heavy atom. The third-order valence-corrected chi connectivity index (χ3v) is 4.22. The first kappa shape index (κ1) is 14.5. The molecule has 2 rings (SSSR count). The summed E-state index contributed by atoms with van der Waals surface area (Å²) in [6.07, 6.45) is 6.14. The topological polar surface area (TPSA) is 47.1 Å². The molecule has 108 valence electrons. The number of likely N-dealkylation sites (tertiary alicyclic amines) is 1. The molecule has 1 aliphatic rings. The van der Waals surface area contributed by atoms with Crippen LogP contribution in [0.4, 0.5) is 0 Å². The maximum Gasteiger partial charge on any atom is 0.0951 e. The van der Waals surface area contributed by atoms with Crippen molar-refractivity contribution in [2.45, 2.75) is 45.7 Å². The monoisotopic (exact) mass is 264 g/mol. The van der Waals surface area contributed by atoms with E-state index in [1.807, 2.05) is 12.5 Å². The number of hydrogen-bond donors (Lipinski definition) is 1. The van der Waals surface area contributed by atoms with Crippen molar-refractivity contribution in [1.82, 2.24) is 14.5 Å². The molecule has 1 fully saturated rings. The van der Waals surface area contributed by atoms with E-state index in [1.54, 1.807) is 0 Å². The summed E-state index contributed by atoms with van der Waals surface area (Å²) in [7, 11) is 2.20. The zero-order valence-corrected chi connectivity index (χ0v) is 12.7. The molecule has 2 N–H and O–H groups in total. The Balaban J connectivity index is 2.14. The molecule has 19 heavy (non-hydrogen) atoms. The molecule has 0 aromatic carbocycles. The molecule has 1 aromatic heterocycles. The van der Waals surface area contributed by atoms with Gasteiger partial charge in [0.25, 0.3) is 0 Å². The highest BCUT2D eigenvalue weighted by Gasteiger charge is 2.28. The van der Waals surface area contributed by atoms with Gasteiger partial charge in [-0.3, -0.25) is 0 Å². The number of nitrogens with two attached hydrogens (primary N) is 1. The predicted molar refractivity (Wildman–Crippen MR) is 78.9 cm³/mol. The zero-order chi connectivity index (χ0) is 14.0. The second-order valence-electron chi connectivity index (χ2n) is 6.56. The lowest BCUT2D eigenvalue weighted by Gasteiger charge is -2.36. The average molecular weight is 264 g/mol. The standard InChI is InChI=1S/C15H28N4/c1-11(2)7-13(16)15-8-17-10-19(15)14-5-6-18(4)9-12(14)3/h8,10-14H,5-7,9,16H2,1-4H3. The van der Waals surface area contributed by atoms with Gasteiger partial charge < -0.3 is 15.2 Å². The number of nitrogens with zero attached hydrogens (tertiary/aromatic N) is 3. The summed E-state index contributed by atoms with van der Waals surface area (Å²) in [5.74, 6) is 1.27. The van der Waals surface area contributed by atoms with E-state index >= 15 is 0 Å². The Kier molecular flexibility index (Phi) is 4.63. The van der Waals surface area contributed by atoms with Gasteiger partial charge in [-0.25, -0.2) is 4.98 Å². The third-order valence-electron chi connectivity index (χ3n) is 4.22. The summed E-state index contributed by atoms with van der Waals surface area (Å²) >= 11 is 0. The first-order valence-electron chi connectivity index (χ1n) is 7.45. The molecule has 4 heteroatoms. The Labute approximate surface area is 117 Å². The van der Waals surface area contributed by atoms with E-state index in [0.29, 0.717) is 17.9 Å². The summed E-state index contributed by atoms with van der Waals surface area (Å²) in [4.78, 5) is 6.76. The quantitative estimate of drug-likeness (QED) is 0.908. The minimum absolute atomic E-state index is 0.106. The van der Waals surface area contributed by atoms with Crippen LogP contribution in [0.15, 0.2) is 12.5 Å². The van der Waals surface area contributed by atoms with Crippen molar-refractivity contribution in [2.75, 3.05) is 20.1 Å². The smallest absolute Gasteiger partial charge is 0.0951 e. The van der Waals surface area contributed by atoms with Gasteiger partial charge in [-0.05, 0) is 38.3 Å². The zero-order valence-electron chi connectivity index (χ0n) is 12.7. The fourth-order valence-corrected chi connectivity index (χ4v) is 3.26.